The molecular formula is C24H27NO9. The van der Waals surface area contributed by atoms with Gasteiger partial charge in [0.1, 0.15) is 35.9 Å². The number of methoxy groups -OCH3 is 2. The molecule has 2 fully saturated rings. The molecule has 0 bridgehead atoms. The monoisotopic (exact) mass is 473 g/mol. The highest BCUT2D eigenvalue weighted by Crippen LogP contribution is 2.35. The number of nitrogens with one attached hydrogen (secondary N) is 1. The lowest BCUT2D eigenvalue weighted by atomic mass is 9.95. The van der Waals surface area contributed by atoms with Gasteiger partial charge in [0, 0.05) is 12.5 Å². The molecule has 2 aliphatic heterocycles. The summed E-state index contributed by atoms with van der Waals surface area (Å²) >= 11 is 0. The maximum Gasteiger partial charge on any atom is 0.337 e. The smallest absolute Gasteiger partial charge is 0.337 e. The predicted molar refractivity (Wildman–Crippen MR) is 117 cm³/mol. The van der Waals surface area contributed by atoms with Crippen LogP contribution in [0.3, 0.4) is 0 Å². The quantitative estimate of drug-likeness (QED) is 0.602. The van der Waals surface area contributed by atoms with Crippen LogP contribution in [-0.2, 0) is 23.7 Å². The highest BCUT2D eigenvalue weighted by molar-refractivity contribution is 5.89. The number of carbonyl (C=O) groups excluding carboxylic acids is 2. The number of hydrogen-bond acceptors (Lipinski definition) is 9. The van der Waals surface area contributed by atoms with E-state index >= 15 is 0 Å². The zero-order valence-corrected chi connectivity index (χ0v) is 19.0. The first-order valence-corrected chi connectivity index (χ1v) is 10.8. The number of fused-ring (bicyclic) bond motifs is 1. The highest BCUT2D eigenvalue weighted by Gasteiger charge is 2.50. The highest BCUT2D eigenvalue weighted by atomic mass is 16.7. The minimum atomic E-state index is -1.13. The number of hydrogen-bond donors (Lipinski definition) is 2. The zero-order chi connectivity index (χ0) is 24.2. The van der Waals surface area contributed by atoms with Crippen LogP contribution in [0.1, 0.15) is 29.1 Å². The Hall–Kier alpha value is -3.18. The topological polar surface area (TPSA) is 122 Å². The van der Waals surface area contributed by atoms with Crippen LogP contribution < -0.4 is 14.8 Å². The van der Waals surface area contributed by atoms with Gasteiger partial charge in [0.2, 0.25) is 12.2 Å². The average molecular weight is 473 g/mol. The molecule has 0 aliphatic carbocycles. The van der Waals surface area contributed by atoms with Crippen molar-refractivity contribution in [3.8, 4) is 11.5 Å². The Morgan fingerprint density at radius 2 is 1.68 bits per heavy atom. The lowest BCUT2D eigenvalue weighted by Crippen LogP contribution is -2.67. The second-order valence-electron chi connectivity index (χ2n) is 7.93. The van der Waals surface area contributed by atoms with Crippen molar-refractivity contribution >= 4 is 11.9 Å². The third kappa shape index (κ3) is 5.15. The van der Waals surface area contributed by atoms with Gasteiger partial charge in [-0.3, -0.25) is 4.79 Å². The van der Waals surface area contributed by atoms with Crippen molar-refractivity contribution in [2.24, 2.45) is 0 Å². The summed E-state index contributed by atoms with van der Waals surface area (Å²) in [5.41, 5.74) is 1.11. The number of aliphatic hydroxyl groups is 1. The Balaban J connectivity index is 1.49. The van der Waals surface area contributed by atoms with Crippen molar-refractivity contribution in [2.75, 3.05) is 20.8 Å². The molecule has 10 nitrogen and oxygen atoms in total. The third-order valence-corrected chi connectivity index (χ3v) is 5.65. The van der Waals surface area contributed by atoms with Gasteiger partial charge >= 0.3 is 5.97 Å². The molecular weight excluding hydrogens is 446 g/mol. The van der Waals surface area contributed by atoms with Gasteiger partial charge in [0.15, 0.2) is 6.29 Å². The minimum absolute atomic E-state index is 0.145. The van der Waals surface area contributed by atoms with Gasteiger partial charge in [-0.1, -0.05) is 12.1 Å². The summed E-state index contributed by atoms with van der Waals surface area (Å²) in [4.78, 5) is 23.5. The summed E-state index contributed by atoms with van der Waals surface area (Å²) in [5.74, 6) is 0.244. The van der Waals surface area contributed by atoms with E-state index in [1.165, 1.54) is 14.0 Å². The van der Waals surface area contributed by atoms with Crippen molar-refractivity contribution in [1.29, 1.82) is 0 Å². The summed E-state index contributed by atoms with van der Waals surface area (Å²) in [7, 11) is 2.88. The SMILES string of the molecule is COC(=O)c1ccc(OC2OC3COC(c4ccc(OC)cc4)OC3C(O)C2NC(C)=O)cc1. The molecule has 6 unspecified atom stereocenters. The van der Waals surface area contributed by atoms with Crippen molar-refractivity contribution in [3.05, 3.63) is 59.7 Å². The number of ether oxygens (including phenoxy) is 6. The van der Waals surface area contributed by atoms with Gasteiger partial charge in [-0.2, -0.15) is 0 Å². The molecule has 2 heterocycles. The van der Waals surface area contributed by atoms with Crippen molar-refractivity contribution in [1.82, 2.24) is 5.32 Å². The molecule has 0 spiro atoms. The number of rotatable bonds is 6. The second-order valence-corrected chi connectivity index (χ2v) is 7.93. The van der Waals surface area contributed by atoms with E-state index in [1.807, 2.05) is 12.1 Å². The Labute approximate surface area is 196 Å². The van der Waals surface area contributed by atoms with Gasteiger partial charge in [-0.15, -0.1) is 0 Å². The van der Waals surface area contributed by atoms with Crippen molar-refractivity contribution in [2.45, 2.75) is 43.9 Å². The van der Waals surface area contributed by atoms with Crippen molar-refractivity contribution in [3.63, 3.8) is 0 Å². The molecule has 0 saturated carbocycles. The molecule has 0 radical (unpaired) electrons. The Morgan fingerprint density at radius 3 is 2.29 bits per heavy atom. The summed E-state index contributed by atoms with van der Waals surface area (Å²) < 4.78 is 33.7. The molecule has 10 heteroatoms. The average Bonchev–Trinajstić information content (AvgIpc) is 2.86. The first-order chi connectivity index (χ1) is 16.4. The lowest BCUT2D eigenvalue weighted by Gasteiger charge is -2.47. The summed E-state index contributed by atoms with van der Waals surface area (Å²) in [6.45, 7) is 1.48. The first-order valence-electron chi connectivity index (χ1n) is 10.8. The molecule has 6 atom stereocenters. The molecule has 2 aromatic rings. The second kappa shape index (κ2) is 10.4. The van der Waals surface area contributed by atoms with Gasteiger partial charge < -0.3 is 38.8 Å². The fraction of sp³-hybridized carbons (Fsp3) is 0.417. The van der Waals surface area contributed by atoms with Crippen LogP contribution in [0.25, 0.3) is 0 Å². The van der Waals surface area contributed by atoms with Crippen molar-refractivity contribution < 1.29 is 43.1 Å². The Morgan fingerprint density at radius 1 is 1.00 bits per heavy atom. The standard InChI is InChI=1S/C24H27NO9/c1-13(26)25-19-20(27)21-18(12-31-23(34-21)15-6-8-16(29-2)9-7-15)33-24(19)32-17-10-4-14(5-11-17)22(28)30-3/h4-11,18-21,23-24,27H,12H2,1-3H3,(H,25,26). The maximum absolute atomic E-state index is 11.9. The molecule has 4 rings (SSSR count). The van der Waals surface area contributed by atoms with Gasteiger partial charge in [0.05, 0.1) is 26.4 Å². The fourth-order valence-electron chi connectivity index (χ4n) is 3.93. The van der Waals surface area contributed by atoms with Crippen LogP contribution >= 0.6 is 0 Å². The predicted octanol–water partition coefficient (Wildman–Crippen LogP) is 1.57. The third-order valence-electron chi connectivity index (χ3n) is 5.65. The van der Waals surface area contributed by atoms with E-state index < -0.39 is 42.9 Å². The van der Waals surface area contributed by atoms with Crippen LogP contribution in [0.2, 0.25) is 0 Å². The summed E-state index contributed by atoms with van der Waals surface area (Å²) in [5, 5.41) is 13.8. The van der Waals surface area contributed by atoms with Crippen LogP contribution in [0, 0.1) is 0 Å². The molecule has 2 aromatic carbocycles. The van der Waals surface area contributed by atoms with E-state index in [2.05, 4.69) is 5.32 Å². The molecule has 2 N–H and O–H groups in total. The number of benzene rings is 2. The van der Waals surface area contributed by atoms with E-state index in [9.17, 15) is 14.7 Å². The summed E-state index contributed by atoms with van der Waals surface area (Å²) in [6.07, 6.45) is -4.26. The summed E-state index contributed by atoms with van der Waals surface area (Å²) in [6, 6.07) is 12.5. The number of carbonyl (C=O) groups is 2. The van der Waals surface area contributed by atoms with E-state index in [-0.39, 0.29) is 12.5 Å². The number of esters is 1. The van der Waals surface area contributed by atoms with Gasteiger partial charge in [-0.05, 0) is 36.4 Å². The van der Waals surface area contributed by atoms with Crippen LogP contribution in [0.4, 0.5) is 0 Å². The Bertz CT molecular complexity index is 995. The molecule has 182 valence electrons. The fourth-order valence-corrected chi connectivity index (χ4v) is 3.93. The zero-order valence-electron chi connectivity index (χ0n) is 19.0. The maximum atomic E-state index is 11.9. The van der Waals surface area contributed by atoms with E-state index in [1.54, 1.807) is 43.5 Å². The van der Waals surface area contributed by atoms with Gasteiger partial charge in [0.25, 0.3) is 0 Å². The number of aliphatic hydroxyl groups excluding tert-OH is 1. The first kappa shape index (κ1) is 24.0. The molecule has 2 saturated heterocycles. The number of amides is 1. The normalized spacial score (nSPS) is 28.4. The van der Waals surface area contributed by atoms with E-state index in [0.717, 1.165) is 5.56 Å². The lowest BCUT2D eigenvalue weighted by molar-refractivity contribution is -0.333. The van der Waals surface area contributed by atoms with Crippen LogP contribution in [0.5, 0.6) is 11.5 Å². The Kier molecular flexibility index (Phi) is 7.32. The largest absolute Gasteiger partial charge is 0.497 e. The van der Waals surface area contributed by atoms with E-state index in [4.69, 9.17) is 28.4 Å². The van der Waals surface area contributed by atoms with Gasteiger partial charge in [-0.25, -0.2) is 4.79 Å². The van der Waals surface area contributed by atoms with E-state index in [0.29, 0.717) is 17.1 Å². The molecule has 0 aromatic heterocycles. The van der Waals surface area contributed by atoms with Crippen LogP contribution in [0.15, 0.2) is 48.5 Å². The molecule has 1 amide bonds. The van der Waals surface area contributed by atoms with Crippen LogP contribution in [-0.4, -0.2) is 68.5 Å². The molecule has 34 heavy (non-hydrogen) atoms. The minimum Gasteiger partial charge on any atom is -0.497 e. The molecule has 2 aliphatic rings.